The number of carbonyl (C=O) groups is 1. The zero-order valence-electron chi connectivity index (χ0n) is 17.7. The second kappa shape index (κ2) is 13.0. The van der Waals surface area contributed by atoms with Crippen molar-refractivity contribution in [2.45, 2.75) is 53.4 Å². The van der Waals surface area contributed by atoms with Gasteiger partial charge in [0.2, 0.25) is 5.91 Å². The third kappa shape index (κ3) is 10.6. The van der Waals surface area contributed by atoms with Crippen LogP contribution >= 0.6 is 24.0 Å². The van der Waals surface area contributed by atoms with Crippen molar-refractivity contribution >= 4 is 35.8 Å². The van der Waals surface area contributed by atoms with Crippen molar-refractivity contribution in [2.75, 3.05) is 26.7 Å². The number of carbonyl (C=O) groups excluding carboxylic acids is 1. The fourth-order valence-corrected chi connectivity index (χ4v) is 2.41. The van der Waals surface area contributed by atoms with E-state index in [0.717, 1.165) is 25.3 Å². The number of rotatable bonds is 8. The van der Waals surface area contributed by atoms with Crippen LogP contribution in [0.5, 0.6) is 0 Å². The van der Waals surface area contributed by atoms with Gasteiger partial charge in [-0.05, 0) is 29.9 Å². The van der Waals surface area contributed by atoms with E-state index in [1.165, 1.54) is 11.1 Å². The monoisotopic (exact) mass is 488 g/mol. The molecule has 0 fully saturated rings. The van der Waals surface area contributed by atoms with Crippen LogP contribution in [0.15, 0.2) is 29.3 Å². The fraction of sp³-hybridized carbons (Fsp3) is 0.619. The first-order valence-electron chi connectivity index (χ1n) is 9.55. The first-order valence-corrected chi connectivity index (χ1v) is 9.55. The Labute approximate surface area is 182 Å². The minimum absolute atomic E-state index is 0. The molecule has 0 aliphatic rings. The average Bonchev–Trinajstić information content (AvgIpc) is 2.59. The number of aryl methyl sites for hydroxylation is 1. The highest BCUT2D eigenvalue weighted by Gasteiger charge is 2.20. The molecular formula is C21H37IN4O. The predicted octanol–water partition coefficient (Wildman–Crippen LogP) is 3.69. The van der Waals surface area contributed by atoms with Gasteiger partial charge in [0.25, 0.3) is 0 Å². The van der Waals surface area contributed by atoms with E-state index in [4.69, 9.17) is 0 Å². The SMILES string of the molecule is CN=C(NCCCc1ccc(C(C)C)cc1)NCCNC(=O)C(C)(C)C.I. The van der Waals surface area contributed by atoms with Gasteiger partial charge >= 0.3 is 0 Å². The molecule has 0 spiro atoms. The second-order valence-electron chi connectivity index (χ2n) is 7.93. The van der Waals surface area contributed by atoms with Gasteiger partial charge in [-0.3, -0.25) is 9.79 Å². The lowest BCUT2D eigenvalue weighted by molar-refractivity contribution is -0.128. The average molecular weight is 488 g/mol. The Hall–Kier alpha value is -1.31. The first-order chi connectivity index (χ1) is 12.2. The standard InChI is InChI=1S/C21H36N4O.HI/c1-16(2)18-11-9-17(10-12-18)8-7-13-24-20(22-6)25-15-14-23-19(26)21(3,4)5;/h9-12,16H,7-8,13-15H2,1-6H3,(H,23,26)(H2,22,24,25);1H. The minimum Gasteiger partial charge on any atom is -0.356 e. The molecule has 6 heteroatoms. The zero-order valence-corrected chi connectivity index (χ0v) is 20.0. The lowest BCUT2D eigenvalue weighted by Gasteiger charge is -2.18. The molecular weight excluding hydrogens is 451 g/mol. The highest BCUT2D eigenvalue weighted by molar-refractivity contribution is 14.0. The van der Waals surface area contributed by atoms with Gasteiger partial charge in [-0.25, -0.2) is 0 Å². The Morgan fingerprint density at radius 3 is 2.07 bits per heavy atom. The van der Waals surface area contributed by atoms with Crippen LogP contribution in [0.4, 0.5) is 0 Å². The van der Waals surface area contributed by atoms with Gasteiger partial charge in [0.05, 0.1) is 0 Å². The van der Waals surface area contributed by atoms with Crippen molar-refractivity contribution in [1.29, 1.82) is 0 Å². The first kappa shape index (κ1) is 25.7. The molecule has 27 heavy (non-hydrogen) atoms. The van der Waals surface area contributed by atoms with Crippen LogP contribution in [-0.4, -0.2) is 38.5 Å². The summed E-state index contributed by atoms with van der Waals surface area (Å²) in [5, 5.41) is 9.45. The van der Waals surface area contributed by atoms with Crippen LogP contribution < -0.4 is 16.0 Å². The molecule has 0 atom stereocenters. The summed E-state index contributed by atoms with van der Waals surface area (Å²) < 4.78 is 0. The van der Waals surface area contributed by atoms with Crippen LogP contribution in [0.1, 0.15) is 58.1 Å². The van der Waals surface area contributed by atoms with Gasteiger partial charge in [-0.15, -0.1) is 24.0 Å². The molecule has 0 aliphatic carbocycles. The Morgan fingerprint density at radius 2 is 1.56 bits per heavy atom. The highest BCUT2D eigenvalue weighted by atomic mass is 127. The van der Waals surface area contributed by atoms with Gasteiger partial charge < -0.3 is 16.0 Å². The lowest BCUT2D eigenvalue weighted by Crippen LogP contribution is -2.43. The molecule has 0 aromatic heterocycles. The summed E-state index contributed by atoms with van der Waals surface area (Å²) in [5.41, 5.74) is 2.40. The number of amides is 1. The molecule has 0 saturated carbocycles. The van der Waals surface area contributed by atoms with Gasteiger partial charge in [-0.1, -0.05) is 58.9 Å². The molecule has 1 amide bonds. The number of nitrogens with one attached hydrogen (secondary N) is 3. The molecule has 3 N–H and O–H groups in total. The largest absolute Gasteiger partial charge is 0.356 e. The van der Waals surface area contributed by atoms with Gasteiger partial charge in [0, 0.05) is 32.1 Å². The molecule has 0 aliphatic heterocycles. The number of guanidine groups is 1. The summed E-state index contributed by atoms with van der Waals surface area (Å²) in [6.07, 6.45) is 2.09. The molecule has 0 unspecified atom stereocenters. The summed E-state index contributed by atoms with van der Waals surface area (Å²) in [5.74, 6) is 1.41. The topological polar surface area (TPSA) is 65.5 Å². The lowest BCUT2D eigenvalue weighted by atomic mass is 9.96. The van der Waals surface area contributed by atoms with Crippen LogP contribution in [0.25, 0.3) is 0 Å². The maximum absolute atomic E-state index is 11.8. The normalized spacial score (nSPS) is 11.7. The number of hydrogen-bond donors (Lipinski definition) is 3. The maximum atomic E-state index is 11.8. The molecule has 1 aromatic rings. The van der Waals surface area contributed by atoms with Crippen molar-refractivity contribution < 1.29 is 4.79 Å². The number of aliphatic imine (C=N–C) groups is 1. The molecule has 1 aromatic carbocycles. The van der Waals surface area contributed by atoms with E-state index in [0.29, 0.717) is 19.0 Å². The van der Waals surface area contributed by atoms with Crippen molar-refractivity contribution in [3.63, 3.8) is 0 Å². The van der Waals surface area contributed by atoms with Crippen LogP contribution in [-0.2, 0) is 11.2 Å². The molecule has 0 radical (unpaired) electrons. The number of hydrogen-bond acceptors (Lipinski definition) is 2. The van der Waals surface area contributed by atoms with E-state index in [2.05, 4.69) is 59.1 Å². The Kier molecular flexibility index (Phi) is 12.3. The molecule has 154 valence electrons. The van der Waals surface area contributed by atoms with Crippen molar-refractivity contribution in [2.24, 2.45) is 10.4 Å². The summed E-state index contributed by atoms with van der Waals surface area (Å²) in [7, 11) is 1.76. The smallest absolute Gasteiger partial charge is 0.225 e. The molecule has 1 rings (SSSR count). The van der Waals surface area contributed by atoms with E-state index in [9.17, 15) is 4.79 Å². The maximum Gasteiger partial charge on any atom is 0.225 e. The van der Waals surface area contributed by atoms with Crippen LogP contribution in [0.3, 0.4) is 0 Å². The van der Waals surface area contributed by atoms with Crippen molar-refractivity contribution in [3.8, 4) is 0 Å². The van der Waals surface area contributed by atoms with E-state index >= 15 is 0 Å². The molecule has 0 heterocycles. The molecule has 5 nitrogen and oxygen atoms in total. The second-order valence-corrected chi connectivity index (χ2v) is 7.93. The van der Waals surface area contributed by atoms with Crippen LogP contribution in [0.2, 0.25) is 0 Å². The third-order valence-corrected chi connectivity index (χ3v) is 4.19. The summed E-state index contributed by atoms with van der Waals surface area (Å²) >= 11 is 0. The number of benzene rings is 1. The molecule has 0 bridgehead atoms. The Balaban J connectivity index is 0.00000676. The van der Waals surface area contributed by atoms with Crippen molar-refractivity contribution in [3.05, 3.63) is 35.4 Å². The fourth-order valence-electron chi connectivity index (χ4n) is 2.41. The Morgan fingerprint density at radius 1 is 1.00 bits per heavy atom. The van der Waals surface area contributed by atoms with E-state index in [1.807, 2.05) is 20.8 Å². The third-order valence-electron chi connectivity index (χ3n) is 4.19. The van der Waals surface area contributed by atoms with Gasteiger partial charge in [0.1, 0.15) is 0 Å². The summed E-state index contributed by atoms with van der Waals surface area (Å²) in [6.45, 7) is 12.3. The zero-order chi connectivity index (χ0) is 19.6. The number of halogens is 1. The van der Waals surface area contributed by atoms with Gasteiger partial charge in [-0.2, -0.15) is 0 Å². The van der Waals surface area contributed by atoms with Gasteiger partial charge in [0.15, 0.2) is 5.96 Å². The summed E-state index contributed by atoms with van der Waals surface area (Å²) in [4.78, 5) is 16.0. The minimum atomic E-state index is -0.354. The molecule has 0 saturated heterocycles. The van der Waals surface area contributed by atoms with Crippen molar-refractivity contribution in [1.82, 2.24) is 16.0 Å². The van der Waals surface area contributed by atoms with E-state index < -0.39 is 0 Å². The van der Waals surface area contributed by atoms with E-state index in [1.54, 1.807) is 7.05 Å². The highest BCUT2D eigenvalue weighted by Crippen LogP contribution is 2.15. The number of nitrogens with zero attached hydrogens (tertiary/aromatic N) is 1. The van der Waals surface area contributed by atoms with Crippen LogP contribution in [0, 0.1) is 5.41 Å². The Bertz CT molecular complexity index is 577. The van der Waals surface area contributed by atoms with E-state index in [-0.39, 0.29) is 35.3 Å². The predicted molar refractivity (Wildman–Crippen MR) is 126 cm³/mol. The summed E-state index contributed by atoms with van der Waals surface area (Å²) in [6, 6.07) is 8.89. The quantitative estimate of drug-likeness (QED) is 0.226.